The first-order chi connectivity index (χ1) is 8.97. The number of rotatable bonds is 2. The minimum atomic E-state index is -0.310. The van der Waals surface area contributed by atoms with Crippen molar-refractivity contribution >= 4 is 60.7 Å². The minimum absolute atomic E-state index is 0.310. The summed E-state index contributed by atoms with van der Waals surface area (Å²) in [5.74, 6) is -0.310. The number of carbonyl (C=O) groups is 1. The summed E-state index contributed by atoms with van der Waals surface area (Å²) in [7, 11) is 0. The highest BCUT2D eigenvalue weighted by molar-refractivity contribution is 9.10. The van der Waals surface area contributed by atoms with Crippen molar-refractivity contribution in [2.45, 2.75) is 0 Å². The van der Waals surface area contributed by atoms with E-state index in [0.717, 1.165) is 4.47 Å². The molecule has 0 radical (unpaired) electrons. The van der Waals surface area contributed by atoms with Crippen molar-refractivity contribution in [2.24, 2.45) is 0 Å². The van der Waals surface area contributed by atoms with Crippen molar-refractivity contribution in [1.82, 2.24) is 4.98 Å². The molecule has 1 heterocycles. The van der Waals surface area contributed by atoms with Gasteiger partial charge in [-0.2, -0.15) is 0 Å². The highest BCUT2D eigenvalue weighted by Crippen LogP contribution is 2.24. The number of nitrogens with two attached hydrogens (primary N) is 1. The molecule has 0 aliphatic carbocycles. The lowest BCUT2D eigenvalue weighted by atomic mass is 10.1. The lowest BCUT2D eigenvalue weighted by molar-refractivity contribution is 0.102. The summed E-state index contributed by atoms with van der Waals surface area (Å²) in [6.07, 6.45) is 1.47. The molecule has 1 aromatic carbocycles. The van der Waals surface area contributed by atoms with Gasteiger partial charge in [-0.3, -0.25) is 4.79 Å². The van der Waals surface area contributed by atoms with Gasteiger partial charge in [0.1, 0.15) is 5.15 Å². The number of benzene rings is 1. The van der Waals surface area contributed by atoms with Gasteiger partial charge in [-0.05, 0) is 40.2 Å². The van der Waals surface area contributed by atoms with E-state index in [1.165, 1.54) is 6.20 Å². The van der Waals surface area contributed by atoms with Gasteiger partial charge in [0.05, 0.1) is 21.9 Å². The Bertz CT molecular complexity index is 649. The van der Waals surface area contributed by atoms with Crippen LogP contribution in [-0.2, 0) is 0 Å². The van der Waals surface area contributed by atoms with Gasteiger partial charge < -0.3 is 11.1 Å². The zero-order chi connectivity index (χ0) is 14.0. The molecule has 4 nitrogen and oxygen atoms in total. The SMILES string of the molecule is Nc1ccc(Br)cc1C(=O)Nc1cnc(Cl)c(Br)c1. The predicted octanol–water partition coefficient (Wildman–Crippen LogP) is 4.09. The summed E-state index contributed by atoms with van der Waals surface area (Å²) in [6, 6.07) is 6.76. The Kier molecular flexibility index (Phi) is 4.44. The maximum absolute atomic E-state index is 12.1. The number of hydrogen-bond donors (Lipinski definition) is 2. The molecule has 2 rings (SSSR count). The molecule has 0 unspecified atom stereocenters. The smallest absolute Gasteiger partial charge is 0.257 e. The van der Waals surface area contributed by atoms with Gasteiger partial charge in [0.2, 0.25) is 0 Å². The third-order valence-electron chi connectivity index (χ3n) is 2.31. The molecular formula is C12H8Br2ClN3O. The number of hydrogen-bond acceptors (Lipinski definition) is 3. The Morgan fingerprint density at radius 1 is 1.32 bits per heavy atom. The summed E-state index contributed by atoms with van der Waals surface area (Å²) in [5, 5.41) is 3.04. The molecular weight excluding hydrogens is 397 g/mol. The zero-order valence-electron chi connectivity index (χ0n) is 9.45. The first-order valence-electron chi connectivity index (χ1n) is 5.15. The normalized spacial score (nSPS) is 10.3. The summed E-state index contributed by atoms with van der Waals surface area (Å²) >= 11 is 12.3. The summed E-state index contributed by atoms with van der Waals surface area (Å²) < 4.78 is 1.39. The first kappa shape index (κ1) is 14.3. The fraction of sp³-hybridized carbons (Fsp3) is 0. The molecule has 0 bridgehead atoms. The third-order valence-corrected chi connectivity index (χ3v) is 3.94. The molecule has 98 valence electrons. The lowest BCUT2D eigenvalue weighted by Crippen LogP contribution is -2.14. The number of nitrogens with one attached hydrogen (secondary N) is 1. The van der Waals surface area contributed by atoms with Crippen LogP contribution >= 0.6 is 43.5 Å². The largest absolute Gasteiger partial charge is 0.398 e. The average Bonchev–Trinajstić information content (AvgIpc) is 2.36. The molecule has 1 aromatic heterocycles. The number of amides is 1. The van der Waals surface area contributed by atoms with Gasteiger partial charge in [0.15, 0.2) is 0 Å². The molecule has 0 aliphatic heterocycles. The molecule has 3 N–H and O–H groups in total. The Morgan fingerprint density at radius 2 is 2.05 bits per heavy atom. The first-order valence-corrected chi connectivity index (χ1v) is 7.11. The van der Waals surface area contributed by atoms with Crippen LogP contribution in [0.15, 0.2) is 39.4 Å². The van der Waals surface area contributed by atoms with Crippen molar-refractivity contribution in [3.8, 4) is 0 Å². The van der Waals surface area contributed by atoms with E-state index in [4.69, 9.17) is 17.3 Å². The highest BCUT2D eigenvalue weighted by atomic mass is 79.9. The molecule has 1 amide bonds. The van der Waals surface area contributed by atoms with Crippen LogP contribution in [0.2, 0.25) is 5.15 Å². The van der Waals surface area contributed by atoms with E-state index in [2.05, 4.69) is 42.2 Å². The predicted molar refractivity (Wildman–Crippen MR) is 83.5 cm³/mol. The number of pyridine rings is 1. The fourth-order valence-corrected chi connectivity index (χ4v) is 2.23. The number of anilines is 2. The van der Waals surface area contributed by atoms with Crippen molar-refractivity contribution in [2.75, 3.05) is 11.1 Å². The Balaban J connectivity index is 2.25. The van der Waals surface area contributed by atoms with Crippen molar-refractivity contribution < 1.29 is 4.79 Å². The van der Waals surface area contributed by atoms with E-state index in [0.29, 0.717) is 26.6 Å². The Hall–Kier alpha value is -1.11. The second kappa shape index (κ2) is 5.90. The van der Waals surface area contributed by atoms with Gasteiger partial charge in [-0.25, -0.2) is 4.98 Å². The number of carbonyl (C=O) groups excluding carboxylic acids is 1. The van der Waals surface area contributed by atoms with E-state index < -0.39 is 0 Å². The molecule has 0 aliphatic rings. The van der Waals surface area contributed by atoms with E-state index in [9.17, 15) is 4.79 Å². The molecule has 0 saturated carbocycles. The van der Waals surface area contributed by atoms with E-state index in [-0.39, 0.29) is 5.91 Å². The second-order valence-electron chi connectivity index (χ2n) is 3.68. The standard InChI is InChI=1S/C12H8Br2ClN3O/c13-6-1-2-10(16)8(3-6)12(19)18-7-4-9(14)11(15)17-5-7/h1-5H,16H2,(H,18,19). The summed E-state index contributed by atoms with van der Waals surface area (Å²) in [5.41, 5.74) is 7.09. The number of nitrogens with zero attached hydrogens (tertiary/aromatic N) is 1. The monoisotopic (exact) mass is 403 g/mol. The molecule has 0 spiro atoms. The van der Waals surface area contributed by atoms with Gasteiger partial charge in [-0.1, -0.05) is 27.5 Å². The number of halogens is 3. The molecule has 0 atom stereocenters. The van der Waals surface area contributed by atoms with Crippen LogP contribution in [0.4, 0.5) is 11.4 Å². The quantitative estimate of drug-likeness (QED) is 0.584. The molecule has 0 fully saturated rings. The Labute approximate surface area is 131 Å². The van der Waals surface area contributed by atoms with Crippen LogP contribution in [0.3, 0.4) is 0 Å². The van der Waals surface area contributed by atoms with Crippen LogP contribution in [0.1, 0.15) is 10.4 Å². The zero-order valence-corrected chi connectivity index (χ0v) is 13.4. The van der Waals surface area contributed by atoms with E-state index in [1.807, 2.05) is 0 Å². The fourth-order valence-electron chi connectivity index (χ4n) is 1.41. The molecule has 2 aromatic rings. The van der Waals surface area contributed by atoms with E-state index in [1.54, 1.807) is 24.3 Å². The van der Waals surface area contributed by atoms with Crippen molar-refractivity contribution in [3.63, 3.8) is 0 Å². The molecule has 19 heavy (non-hydrogen) atoms. The highest BCUT2D eigenvalue weighted by Gasteiger charge is 2.11. The maximum atomic E-state index is 12.1. The van der Waals surface area contributed by atoms with Gasteiger partial charge in [-0.15, -0.1) is 0 Å². The van der Waals surface area contributed by atoms with Crippen LogP contribution < -0.4 is 11.1 Å². The average molecular weight is 405 g/mol. The Morgan fingerprint density at radius 3 is 2.74 bits per heavy atom. The third kappa shape index (κ3) is 3.46. The van der Waals surface area contributed by atoms with Crippen LogP contribution in [-0.4, -0.2) is 10.9 Å². The summed E-state index contributed by atoms with van der Waals surface area (Å²) in [6.45, 7) is 0. The van der Waals surface area contributed by atoms with Gasteiger partial charge in [0, 0.05) is 10.2 Å². The molecule has 0 saturated heterocycles. The lowest BCUT2D eigenvalue weighted by Gasteiger charge is -2.08. The van der Waals surface area contributed by atoms with Gasteiger partial charge >= 0.3 is 0 Å². The van der Waals surface area contributed by atoms with Gasteiger partial charge in [0.25, 0.3) is 5.91 Å². The van der Waals surface area contributed by atoms with Crippen molar-refractivity contribution in [3.05, 3.63) is 50.1 Å². The van der Waals surface area contributed by atoms with Crippen LogP contribution in [0, 0.1) is 0 Å². The minimum Gasteiger partial charge on any atom is -0.398 e. The number of aromatic nitrogens is 1. The van der Waals surface area contributed by atoms with Crippen LogP contribution in [0.25, 0.3) is 0 Å². The van der Waals surface area contributed by atoms with Crippen molar-refractivity contribution in [1.29, 1.82) is 0 Å². The summed E-state index contributed by atoms with van der Waals surface area (Å²) in [4.78, 5) is 16.0. The second-order valence-corrected chi connectivity index (χ2v) is 5.81. The number of nitrogen functional groups attached to an aromatic ring is 1. The topological polar surface area (TPSA) is 68.0 Å². The maximum Gasteiger partial charge on any atom is 0.257 e. The molecule has 7 heteroatoms. The van der Waals surface area contributed by atoms with E-state index >= 15 is 0 Å². The van der Waals surface area contributed by atoms with Crippen LogP contribution in [0.5, 0.6) is 0 Å².